The van der Waals surface area contributed by atoms with E-state index in [0.29, 0.717) is 28.8 Å². The van der Waals surface area contributed by atoms with Crippen LogP contribution in [-0.4, -0.2) is 27.8 Å². The van der Waals surface area contributed by atoms with Crippen LogP contribution in [-0.2, 0) is 16.4 Å². The predicted octanol–water partition coefficient (Wildman–Crippen LogP) is 4.23. The van der Waals surface area contributed by atoms with Crippen LogP contribution in [0.3, 0.4) is 0 Å². The molecule has 148 valence electrons. The van der Waals surface area contributed by atoms with Gasteiger partial charge < -0.3 is 10.1 Å². The van der Waals surface area contributed by atoms with Gasteiger partial charge in [-0.05, 0) is 29.8 Å². The van der Waals surface area contributed by atoms with Crippen LogP contribution < -0.4 is 10.1 Å². The van der Waals surface area contributed by atoms with Gasteiger partial charge in [0.25, 0.3) is 0 Å². The van der Waals surface area contributed by atoms with E-state index in [0.717, 1.165) is 17.0 Å². The van der Waals surface area contributed by atoms with E-state index in [1.54, 1.807) is 6.07 Å². The highest BCUT2D eigenvalue weighted by Gasteiger charge is 2.11. The number of nitrogens with zero attached hydrogens (tertiary/aromatic N) is 5. The summed E-state index contributed by atoms with van der Waals surface area (Å²) in [6, 6.07) is 12.0. The molecule has 1 aromatic heterocycles. The Balaban J connectivity index is 1.84. The zero-order valence-electron chi connectivity index (χ0n) is 16.0. The third-order valence-electron chi connectivity index (χ3n) is 4.00. The van der Waals surface area contributed by atoms with Crippen LogP contribution >= 0.6 is 0 Å². The van der Waals surface area contributed by atoms with E-state index in [2.05, 4.69) is 24.6 Å². The summed E-state index contributed by atoms with van der Waals surface area (Å²) < 4.78 is 22.6. The molecule has 3 aromatic rings. The van der Waals surface area contributed by atoms with E-state index in [1.807, 2.05) is 37.4 Å². The van der Waals surface area contributed by atoms with Gasteiger partial charge in [-0.2, -0.15) is 14.6 Å². The van der Waals surface area contributed by atoms with Gasteiger partial charge in [-0.3, -0.25) is 0 Å². The zero-order valence-corrected chi connectivity index (χ0v) is 16.8. The van der Waals surface area contributed by atoms with Crippen molar-refractivity contribution in [3.8, 4) is 23.3 Å². The van der Waals surface area contributed by atoms with E-state index >= 15 is 0 Å². The number of aromatic nitrogens is 3. The van der Waals surface area contributed by atoms with Gasteiger partial charge in [0.15, 0.2) is 5.82 Å². The second-order valence-corrected chi connectivity index (χ2v) is 7.86. The molecule has 0 aliphatic rings. The van der Waals surface area contributed by atoms with Gasteiger partial charge in [-0.25, -0.2) is 14.4 Å². The Morgan fingerprint density at radius 2 is 2.10 bits per heavy atom. The SMILES string of the molecule is CCS(Cc1cccc(Nc2ncnc(-c3ccc(F)cc3OC)n2)c1)=NC#N. The van der Waals surface area contributed by atoms with Crippen molar-refractivity contribution < 1.29 is 9.13 Å². The smallest absolute Gasteiger partial charge is 0.230 e. The fourth-order valence-electron chi connectivity index (χ4n) is 2.65. The summed E-state index contributed by atoms with van der Waals surface area (Å²) in [5, 5.41) is 12.0. The van der Waals surface area contributed by atoms with Crippen LogP contribution in [0.5, 0.6) is 5.75 Å². The van der Waals surface area contributed by atoms with Gasteiger partial charge in [-0.1, -0.05) is 29.7 Å². The molecule has 3 rings (SSSR count). The second-order valence-electron chi connectivity index (χ2n) is 5.89. The van der Waals surface area contributed by atoms with E-state index in [-0.39, 0.29) is 10.7 Å². The van der Waals surface area contributed by atoms with Crippen LogP contribution in [0.1, 0.15) is 12.5 Å². The minimum Gasteiger partial charge on any atom is -0.496 e. The molecule has 0 saturated heterocycles. The summed E-state index contributed by atoms with van der Waals surface area (Å²) in [6.07, 6.45) is 3.28. The van der Waals surface area contributed by atoms with E-state index in [1.165, 1.54) is 25.6 Å². The maximum atomic E-state index is 13.4. The fourth-order valence-corrected chi connectivity index (χ4v) is 3.73. The standard InChI is InChI=1S/C20H19FN6OS/c1-3-29(25-12-22)11-14-5-4-6-16(9-14)26-20-24-13-23-19(27-20)17-8-7-15(21)10-18(17)28-2/h4-10,13H,3,11H2,1-2H3,(H,23,24,26,27). The Bertz CT molecular complexity index is 1080. The maximum Gasteiger partial charge on any atom is 0.230 e. The molecule has 9 heteroatoms. The number of benzene rings is 2. The molecule has 0 aliphatic carbocycles. The molecule has 0 saturated carbocycles. The molecule has 0 aliphatic heterocycles. The zero-order chi connectivity index (χ0) is 20.6. The van der Waals surface area contributed by atoms with Gasteiger partial charge in [0.1, 0.15) is 17.9 Å². The highest BCUT2D eigenvalue weighted by Crippen LogP contribution is 2.28. The molecule has 0 spiro atoms. The Labute approximate surface area is 170 Å². The van der Waals surface area contributed by atoms with Crippen molar-refractivity contribution in [1.29, 1.82) is 5.26 Å². The van der Waals surface area contributed by atoms with E-state index in [9.17, 15) is 4.39 Å². The summed E-state index contributed by atoms with van der Waals surface area (Å²) in [7, 11) is 1.14. The fraction of sp³-hybridized carbons (Fsp3) is 0.200. The molecule has 2 aromatic carbocycles. The normalized spacial score (nSPS) is 11.7. The summed E-state index contributed by atoms with van der Waals surface area (Å²) in [5.74, 6) is 2.20. The molecule has 0 bridgehead atoms. The highest BCUT2D eigenvalue weighted by molar-refractivity contribution is 7.86. The van der Waals surface area contributed by atoms with Crippen molar-refractivity contribution in [2.24, 2.45) is 4.36 Å². The monoisotopic (exact) mass is 410 g/mol. The lowest BCUT2D eigenvalue weighted by Gasteiger charge is -2.10. The first-order valence-corrected chi connectivity index (χ1v) is 10.3. The average Bonchev–Trinajstić information content (AvgIpc) is 2.73. The summed E-state index contributed by atoms with van der Waals surface area (Å²) in [4.78, 5) is 12.7. The largest absolute Gasteiger partial charge is 0.496 e. The lowest BCUT2D eigenvalue weighted by Crippen LogP contribution is -2.02. The van der Waals surface area contributed by atoms with Crippen molar-refractivity contribution in [2.45, 2.75) is 12.7 Å². The third-order valence-corrected chi connectivity index (χ3v) is 5.67. The van der Waals surface area contributed by atoms with Crippen LogP contribution in [0.25, 0.3) is 11.4 Å². The average molecular weight is 410 g/mol. The summed E-state index contributed by atoms with van der Waals surface area (Å²) in [5.41, 5.74) is 2.44. The number of ether oxygens (including phenoxy) is 1. The van der Waals surface area contributed by atoms with Gasteiger partial charge in [0.2, 0.25) is 12.1 Å². The number of halogens is 1. The minimum absolute atomic E-state index is 0.321. The van der Waals surface area contributed by atoms with Crippen molar-refractivity contribution in [2.75, 3.05) is 18.2 Å². The summed E-state index contributed by atoms with van der Waals surface area (Å²) in [6.45, 7) is 2.02. The summed E-state index contributed by atoms with van der Waals surface area (Å²) >= 11 is 0. The number of hydrogen-bond donors (Lipinski definition) is 1. The molecule has 1 atom stereocenters. The van der Waals surface area contributed by atoms with E-state index in [4.69, 9.17) is 10.00 Å². The van der Waals surface area contributed by atoms with E-state index < -0.39 is 5.82 Å². The maximum absolute atomic E-state index is 13.4. The quantitative estimate of drug-likeness (QED) is 0.586. The lowest BCUT2D eigenvalue weighted by molar-refractivity contribution is 0.412. The van der Waals surface area contributed by atoms with Crippen LogP contribution in [0.4, 0.5) is 16.0 Å². The van der Waals surface area contributed by atoms with Crippen LogP contribution in [0.15, 0.2) is 53.2 Å². The number of anilines is 2. The minimum atomic E-state index is -0.399. The molecule has 0 amide bonds. The lowest BCUT2D eigenvalue weighted by atomic mass is 10.2. The Morgan fingerprint density at radius 3 is 2.86 bits per heavy atom. The number of methoxy groups -OCH3 is 1. The Kier molecular flexibility index (Phi) is 6.81. The van der Waals surface area contributed by atoms with Crippen molar-refractivity contribution in [1.82, 2.24) is 15.0 Å². The topological polar surface area (TPSA) is 96.1 Å². The van der Waals surface area contributed by atoms with Gasteiger partial charge in [-0.15, -0.1) is 0 Å². The van der Waals surface area contributed by atoms with Crippen molar-refractivity contribution in [3.05, 3.63) is 60.2 Å². The number of hydrogen-bond acceptors (Lipinski definition) is 7. The predicted molar refractivity (Wildman–Crippen MR) is 111 cm³/mol. The number of rotatable bonds is 7. The number of nitrogens with one attached hydrogen (secondary N) is 1. The van der Waals surface area contributed by atoms with Crippen LogP contribution in [0.2, 0.25) is 0 Å². The molecule has 0 radical (unpaired) electrons. The molecule has 29 heavy (non-hydrogen) atoms. The molecule has 0 fully saturated rings. The molecule has 1 N–H and O–H groups in total. The molecule has 7 nitrogen and oxygen atoms in total. The van der Waals surface area contributed by atoms with Crippen LogP contribution in [0, 0.1) is 17.3 Å². The third kappa shape index (κ3) is 5.33. The van der Waals surface area contributed by atoms with Crippen molar-refractivity contribution in [3.63, 3.8) is 0 Å². The van der Waals surface area contributed by atoms with Gasteiger partial charge >= 0.3 is 0 Å². The Hall–Kier alpha value is -3.38. The first-order valence-electron chi connectivity index (χ1n) is 8.79. The first-order chi connectivity index (χ1) is 14.1. The molecule has 1 heterocycles. The highest BCUT2D eigenvalue weighted by atomic mass is 32.2. The molecular weight excluding hydrogens is 391 g/mol. The Morgan fingerprint density at radius 1 is 1.24 bits per heavy atom. The second kappa shape index (κ2) is 9.71. The first kappa shape index (κ1) is 20.4. The molecule has 1 unspecified atom stereocenters. The van der Waals surface area contributed by atoms with Crippen molar-refractivity contribution >= 4 is 22.3 Å². The van der Waals surface area contributed by atoms with Gasteiger partial charge in [0.05, 0.1) is 12.7 Å². The van der Waals surface area contributed by atoms with Gasteiger partial charge in [0, 0.05) is 23.3 Å². The number of nitriles is 1. The molecular formula is C20H19FN6OS.